The molecule has 1 aliphatic rings. The number of aromatic nitrogens is 2. The zero-order chi connectivity index (χ0) is 18.9. The van der Waals surface area contributed by atoms with Gasteiger partial charge in [0.2, 0.25) is 0 Å². The lowest BCUT2D eigenvalue weighted by atomic mass is 10.1. The first-order valence-corrected chi connectivity index (χ1v) is 10.0. The third kappa shape index (κ3) is 2.95. The third-order valence-electron chi connectivity index (χ3n) is 5.71. The van der Waals surface area contributed by atoms with E-state index in [1.165, 1.54) is 17.3 Å². The van der Waals surface area contributed by atoms with Gasteiger partial charge in [-0.05, 0) is 55.7 Å². The first-order valence-electron chi connectivity index (χ1n) is 10.0. The number of piperidine rings is 1. The van der Waals surface area contributed by atoms with Gasteiger partial charge in [-0.2, -0.15) is 0 Å². The summed E-state index contributed by atoms with van der Waals surface area (Å²) in [6.07, 6.45) is 5.27. The van der Waals surface area contributed by atoms with Crippen LogP contribution in [-0.2, 0) is 6.54 Å². The Kier molecular flexibility index (Phi) is 4.32. The van der Waals surface area contributed by atoms with Crippen molar-refractivity contribution >= 4 is 27.7 Å². The number of nitrogens with zero attached hydrogens (tertiary/aromatic N) is 3. The first kappa shape index (κ1) is 17.0. The molecule has 0 saturated carbocycles. The number of amides is 1. The van der Waals surface area contributed by atoms with E-state index in [-0.39, 0.29) is 5.91 Å². The highest BCUT2D eigenvalue weighted by molar-refractivity contribution is 6.10. The Morgan fingerprint density at radius 3 is 2.46 bits per heavy atom. The molecule has 4 aromatic rings. The largest absolute Gasteiger partial charge is 0.339 e. The van der Waals surface area contributed by atoms with E-state index in [2.05, 4.69) is 52.0 Å². The first-order chi connectivity index (χ1) is 13.8. The van der Waals surface area contributed by atoms with E-state index in [0.29, 0.717) is 6.54 Å². The zero-order valence-corrected chi connectivity index (χ0v) is 15.8. The lowest BCUT2D eigenvalue weighted by Gasteiger charge is -2.26. The Morgan fingerprint density at radius 1 is 0.857 bits per heavy atom. The van der Waals surface area contributed by atoms with E-state index < -0.39 is 0 Å². The predicted octanol–water partition coefficient (Wildman–Crippen LogP) is 4.86. The van der Waals surface area contributed by atoms with Crippen LogP contribution in [0, 0.1) is 0 Å². The number of benzene rings is 2. The lowest BCUT2D eigenvalue weighted by Crippen LogP contribution is -2.35. The van der Waals surface area contributed by atoms with E-state index >= 15 is 0 Å². The van der Waals surface area contributed by atoms with Gasteiger partial charge in [-0.1, -0.05) is 24.3 Å². The molecule has 1 fully saturated rings. The fraction of sp³-hybridized carbons (Fsp3) is 0.250. The Morgan fingerprint density at radius 2 is 1.64 bits per heavy atom. The van der Waals surface area contributed by atoms with Gasteiger partial charge in [0.25, 0.3) is 5.91 Å². The topological polar surface area (TPSA) is 38.1 Å². The summed E-state index contributed by atoms with van der Waals surface area (Å²) in [6, 6.07) is 20.6. The van der Waals surface area contributed by atoms with Gasteiger partial charge in [-0.25, -0.2) is 0 Å². The Labute approximate surface area is 164 Å². The highest BCUT2D eigenvalue weighted by atomic mass is 16.2. The lowest BCUT2D eigenvalue weighted by molar-refractivity contribution is 0.0724. The predicted molar refractivity (Wildman–Crippen MR) is 113 cm³/mol. The molecule has 0 unspecified atom stereocenters. The Bertz CT molecular complexity index is 1140. The van der Waals surface area contributed by atoms with Gasteiger partial charge in [0, 0.05) is 46.7 Å². The van der Waals surface area contributed by atoms with Gasteiger partial charge >= 0.3 is 0 Å². The standard InChI is InChI=1S/C24H23N3O/c28-24(26-14-6-1-7-15-26)18-11-12-23-21(16-18)20-9-2-3-10-22(20)27(23)17-19-8-4-5-13-25-19/h2-5,8-13,16H,1,6-7,14-15,17H2. The molecule has 2 aromatic carbocycles. The zero-order valence-electron chi connectivity index (χ0n) is 15.8. The van der Waals surface area contributed by atoms with Crippen LogP contribution in [0.15, 0.2) is 66.9 Å². The minimum Gasteiger partial charge on any atom is -0.339 e. The number of hydrogen-bond donors (Lipinski definition) is 0. The third-order valence-corrected chi connectivity index (χ3v) is 5.71. The molecular weight excluding hydrogens is 346 g/mol. The van der Waals surface area contributed by atoms with Gasteiger partial charge < -0.3 is 9.47 Å². The normalized spacial score (nSPS) is 14.6. The number of para-hydroxylation sites is 1. The second-order valence-electron chi connectivity index (χ2n) is 7.51. The fourth-order valence-electron chi connectivity index (χ4n) is 4.29. The van der Waals surface area contributed by atoms with Crippen LogP contribution in [0.5, 0.6) is 0 Å². The maximum atomic E-state index is 13.0. The molecule has 140 valence electrons. The van der Waals surface area contributed by atoms with Gasteiger partial charge in [0.1, 0.15) is 0 Å². The molecule has 0 atom stereocenters. The van der Waals surface area contributed by atoms with E-state index in [4.69, 9.17) is 0 Å². The number of pyridine rings is 1. The van der Waals surface area contributed by atoms with Crippen LogP contribution in [-0.4, -0.2) is 33.4 Å². The molecular formula is C24H23N3O. The maximum Gasteiger partial charge on any atom is 0.253 e. The average molecular weight is 369 g/mol. The molecule has 4 nitrogen and oxygen atoms in total. The summed E-state index contributed by atoms with van der Waals surface area (Å²) in [7, 11) is 0. The molecule has 0 aliphatic carbocycles. The van der Waals surface area contributed by atoms with Crippen LogP contribution < -0.4 is 0 Å². The van der Waals surface area contributed by atoms with Crippen LogP contribution in [0.25, 0.3) is 21.8 Å². The molecule has 28 heavy (non-hydrogen) atoms. The Balaban J connectivity index is 1.61. The van der Waals surface area contributed by atoms with Crippen LogP contribution in [0.2, 0.25) is 0 Å². The van der Waals surface area contributed by atoms with Gasteiger partial charge in [-0.15, -0.1) is 0 Å². The van der Waals surface area contributed by atoms with Crippen molar-refractivity contribution in [3.8, 4) is 0 Å². The van der Waals surface area contributed by atoms with Gasteiger partial charge in [-0.3, -0.25) is 9.78 Å². The summed E-state index contributed by atoms with van der Waals surface area (Å²) in [4.78, 5) is 19.5. The van der Waals surface area contributed by atoms with Crippen molar-refractivity contribution in [2.24, 2.45) is 0 Å². The van der Waals surface area contributed by atoms with Crippen molar-refractivity contribution in [3.05, 3.63) is 78.1 Å². The number of fused-ring (bicyclic) bond motifs is 3. The Hall–Kier alpha value is -3.14. The molecule has 3 heterocycles. The van der Waals surface area contributed by atoms with E-state index in [1.54, 1.807) is 0 Å². The van der Waals surface area contributed by atoms with Crippen LogP contribution in [0.4, 0.5) is 0 Å². The molecule has 5 rings (SSSR count). The van der Waals surface area contributed by atoms with Crippen molar-refractivity contribution in [2.75, 3.05) is 13.1 Å². The highest BCUT2D eigenvalue weighted by Crippen LogP contribution is 2.31. The second kappa shape index (κ2) is 7.12. The molecule has 0 radical (unpaired) electrons. The van der Waals surface area contributed by atoms with Crippen LogP contribution >= 0.6 is 0 Å². The van der Waals surface area contributed by atoms with Gasteiger partial charge in [0.15, 0.2) is 0 Å². The smallest absolute Gasteiger partial charge is 0.253 e. The molecule has 4 heteroatoms. The number of rotatable bonds is 3. The quantitative estimate of drug-likeness (QED) is 0.517. The number of carbonyl (C=O) groups is 1. The maximum absolute atomic E-state index is 13.0. The van der Waals surface area contributed by atoms with Crippen molar-refractivity contribution in [2.45, 2.75) is 25.8 Å². The summed E-state index contributed by atoms with van der Waals surface area (Å²) in [5.74, 6) is 0.156. The van der Waals surface area contributed by atoms with Gasteiger partial charge in [0.05, 0.1) is 12.2 Å². The molecule has 0 spiro atoms. The highest BCUT2D eigenvalue weighted by Gasteiger charge is 2.20. The molecule has 1 saturated heterocycles. The van der Waals surface area contributed by atoms with E-state index in [1.807, 2.05) is 29.3 Å². The number of carbonyl (C=O) groups excluding carboxylic acids is 1. The van der Waals surface area contributed by atoms with Crippen molar-refractivity contribution in [3.63, 3.8) is 0 Å². The number of likely N-dealkylation sites (tertiary alicyclic amines) is 1. The molecule has 0 N–H and O–H groups in total. The fourth-order valence-corrected chi connectivity index (χ4v) is 4.29. The van der Waals surface area contributed by atoms with Crippen molar-refractivity contribution in [1.29, 1.82) is 0 Å². The molecule has 1 amide bonds. The van der Waals surface area contributed by atoms with Crippen molar-refractivity contribution < 1.29 is 4.79 Å². The molecule has 1 aliphatic heterocycles. The summed E-state index contributed by atoms with van der Waals surface area (Å²) < 4.78 is 2.29. The SMILES string of the molecule is O=C(c1ccc2c(c1)c1ccccc1n2Cc1ccccn1)N1CCCCC1. The summed E-state index contributed by atoms with van der Waals surface area (Å²) in [5, 5.41) is 2.32. The average Bonchev–Trinajstić information content (AvgIpc) is 3.08. The monoisotopic (exact) mass is 369 g/mol. The summed E-state index contributed by atoms with van der Waals surface area (Å²) in [6.45, 7) is 2.46. The second-order valence-corrected chi connectivity index (χ2v) is 7.51. The summed E-state index contributed by atoms with van der Waals surface area (Å²) in [5.41, 5.74) is 4.13. The van der Waals surface area contributed by atoms with E-state index in [9.17, 15) is 4.79 Å². The van der Waals surface area contributed by atoms with Crippen LogP contribution in [0.3, 0.4) is 0 Å². The van der Waals surface area contributed by atoms with Crippen molar-refractivity contribution in [1.82, 2.24) is 14.5 Å². The molecule has 0 bridgehead atoms. The minimum atomic E-state index is 0.156. The van der Waals surface area contributed by atoms with Crippen LogP contribution in [0.1, 0.15) is 35.3 Å². The summed E-state index contributed by atoms with van der Waals surface area (Å²) >= 11 is 0. The molecule has 2 aromatic heterocycles. The minimum absolute atomic E-state index is 0.156. The van der Waals surface area contributed by atoms with E-state index in [0.717, 1.165) is 48.1 Å². The number of hydrogen-bond acceptors (Lipinski definition) is 2.